The van der Waals surface area contributed by atoms with Crippen LogP contribution in [0.2, 0.25) is 0 Å². The largest absolute Gasteiger partial charge is 0.416 e. The monoisotopic (exact) mass is 378 g/mol. The maximum atomic E-state index is 13.6. The van der Waals surface area contributed by atoms with E-state index in [0.717, 1.165) is 36.9 Å². The van der Waals surface area contributed by atoms with Gasteiger partial charge >= 0.3 is 6.18 Å². The summed E-state index contributed by atoms with van der Waals surface area (Å²) in [5.41, 5.74) is 0.146. The van der Waals surface area contributed by atoms with E-state index in [9.17, 15) is 17.6 Å². The smallest absolute Gasteiger partial charge is 0.298 e. The zero-order valence-corrected chi connectivity index (χ0v) is 14.5. The van der Waals surface area contributed by atoms with Gasteiger partial charge in [0.15, 0.2) is 5.65 Å². The summed E-state index contributed by atoms with van der Waals surface area (Å²) in [4.78, 5) is 2.05. The second-order valence-electron chi connectivity index (χ2n) is 6.91. The molecule has 0 N–H and O–H groups in total. The molecular weight excluding hydrogens is 360 g/mol. The topological polar surface area (TPSA) is 33.4 Å². The third-order valence-electron chi connectivity index (χ3n) is 4.90. The molecule has 0 amide bonds. The highest BCUT2D eigenvalue weighted by Crippen LogP contribution is 2.32. The van der Waals surface area contributed by atoms with Gasteiger partial charge in [0.25, 0.3) is 0 Å². The second-order valence-corrected chi connectivity index (χ2v) is 6.91. The number of halogens is 4. The number of rotatable bonds is 3. The maximum Gasteiger partial charge on any atom is 0.416 e. The van der Waals surface area contributed by atoms with Crippen LogP contribution in [-0.4, -0.2) is 32.6 Å². The van der Waals surface area contributed by atoms with Gasteiger partial charge in [0, 0.05) is 25.2 Å². The van der Waals surface area contributed by atoms with Gasteiger partial charge in [0.2, 0.25) is 0 Å². The fourth-order valence-corrected chi connectivity index (χ4v) is 3.71. The molecule has 0 unspecified atom stereocenters. The Labute approximate surface area is 153 Å². The van der Waals surface area contributed by atoms with Crippen LogP contribution >= 0.6 is 0 Å². The van der Waals surface area contributed by atoms with Crippen LogP contribution in [0.4, 0.5) is 17.6 Å². The molecule has 4 rings (SSSR count). The summed E-state index contributed by atoms with van der Waals surface area (Å²) < 4.78 is 54.4. The van der Waals surface area contributed by atoms with E-state index < -0.39 is 17.6 Å². The van der Waals surface area contributed by atoms with Gasteiger partial charge in [-0.3, -0.25) is 9.30 Å². The molecule has 142 valence electrons. The number of alkyl halides is 3. The molecule has 1 aliphatic rings. The van der Waals surface area contributed by atoms with Crippen LogP contribution in [0, 0.1) is 5.82 Å². The summed E-state index contributed by atoms with van der Waals surface area (Å²) in [6.07, 6.45) is -0.815. The molecule has 1 aromatic carbocycles. The fraction of sp³-hybridized carbons (Fsp3) is 0.368. The van der Waals surface area contributed by atoms with Crippen LogP contribution in [-0.2, 0) is 12.7 Å². The zero-order chi connectivity index (χ0) is 19.0. The SMILES string of the molecule is Fc1cc(CN2CCC[C@H](c3nnc4ccccn34)C2)cc(C(F)(F)F)c1. The number of benzene rings is 1. The molecule has 0 aliphatic carbocycles. The summed E-state index contributed by atoms with van der Waals surface area (Å²) in [5, 5.41) is 8.47. The number of hydrogen-bond donors (Lipinski definition) is 0. The highest BCUT2D eigenvalue weighted by molar-refractivity contribution is 5.37. The van der Waals surface area contributed by atoms with Crippen molar-refractivity contribution >= 4 is 5.65 Å². The molecule has 1 fully saturated rings. The third-order valence-corrected chi connectivity index (χ3v) is 4.90. The van der Waals surface area contributed by atoms with Gasteiger partial charge in [0.1, 0.15) is 11.6 Å². The molecule has 0 saturated carbocycles. The van der Waals surface area contributed by atoms with Crippen LogP contribution in [0.25, 0.3) is 5.65 Å². The Kier molecular flexibility index (Phi) is 4.59. The van der Waals surface area contributed by atoms with Crippen molar-refractivity contribution in [3.63, 3.8) is 0 Å². The van der Waals surface area contributed by atoms with Gasteiger partial charge in [0.05, 0.1) is 5.56 Å². The van der Waals surface area contributed by atoms with Gasteiger partial charge in [-0.1, -0.05) is 6.07 Å². The normalized spacial score (nSPS) is 18.9. The number of pyridine rings is 1. The van der Waals surface area contributed by atoms with Crippen molar-refractivity contribution in [3.8, 4) is 0 Å². The van der Waals surface area contributed by atoms with E-state index in [2.05, 4.69) is 10.2 Å². The lowest BCUT2D eigenvalue weighted by atomic mass is 9.96. The van der Waals surface area contributed by atoms with Crippen LogP contribution in [0.15, 0.2) is 42.6 Å². The molecule has 0 bridgehead atoms. The molecule has 3 aromatic rings. The molecule has 1 atom stereocenters. The lowest BCUT2D eigenvalue weighted by Gasteiger charge is -2.32. The van der Waals surface area contributed by atoms with E-state index >= 15 is 0 Å². The summed E-state index contributed by atoms with van der Waals surface area (Å²) in [5.74, 6) is 0.120. The summed E-state index contributed by atoms with van der Waals surface area (Å²) >= 11 is 0. The minimum Gasteiger partial charge on any atom is -0.298 e. The zero-order valence-electron chi connectivity index (χ0n) is 14.5. The average Bonchev–Trinajstić information content (AvgIpc) is 3.05. The Hall–Kier alpha value is -2.48. The second kappa shape index (κ2) is 6.92. The Morgan fingerprint density at radius 1 is 1.11 bits per heavy atom. The molecule has 27 heavy (non-hydrogen) atoms. The third kappa shape index (κ3) is 3.80. The molecular formula is C19H18F4N4. The van der Waals surface area contributed by atoms with Crippen molar-refractivity contribution in [1.82, 2.24) is 19.5 Å². The Bertz CT molecular complexity index is 950. The number of likely N-dealkylation sites (tertiary alicyclic amines) is 1. The van der Waals surface area contributed by atoms with E-state index in [1.807, 2.05) is 33.7 Å². The first kappa shape index (κ1) is 17.9. The number of nitrogens with zero attached hydrogens (tertiary/aromatic N) is 4. The van der Waals surface area contributed by atoms with Gasteiger partial charge in [-0.15, -0.1) is 10.2 Å². The van der Waals surface area contributed by atoms with E-state index in [1.54, 1.807) is 0 Å². The van der Waals surface area contributed by atoms with E-state index in [4.69, 9.17) is 0 Å². The molecule has 1 aliphatic heterocycles. The lowest BCUT2D eigenvalue weighted by Crippen LogP contribution is -2.34. The minimum absolute atomic E-state index is 0.131. The lowest BCUT2D eigenvalue weighted by molar-refractivity contribution is -0.137. The van der Waals surface area contributed by atoms with Gasteiger partial charge in [-0.05, 0) is 55.3 Å². The fourth-order valence-electron chi connectivity index (χ4n) is 3.71. The number of hydrogen-bond acceptors (Lipinski definition) is 3. The Morgan fingerprint density at radius 3 is 2.78 bits per heavy atom. The first-order valence-electron chi connectivity index (χ1n) is 8.79. The van der Waals surface area contributed by atoms with E-state index in [-0.39, 0.29) is 12.5 Å². The van der Waals surface area contributed by atoms with Crippen molar-refractivity contribution in [2.75, 3.05) is 13.1 Å². The van der Waals surface area contributed by atoms with E-state index in [0.29, 0.717) is 18.2 Å². The van der Waals surface area contributed by atoms with E-state index in [1.165, 1.54) is 6.07 Å². The highest BCUT2D eigenvalue weighted by Gasteiger charge is 2.32. The van der Waals surface area contributed by atoms with Crippen molar-refractivity contribution < 1.29 is 17.6 Å². The van der Waals surface area contributed by atoms with Crippen LogP contribution in [0.3, 0.4) is 0 Å². The molecule has 1 saturated heterocycles. The summed E-state index contributed by atoms with van der Waals surface area (Å²) in [6.45, 7) is 1.67. The minimum atomic E-state index is -4.55. The average molecular weight is 378 g/mol. The van der Waals surface area contributed by atoms with Crippen LogP contribution in [0.1, 0.15) is 35.7 Å². The quantitative estimate of drug-likeness (QED) is 0.639. The van der Waals surface area contributed by atoms with Gasteiger partial charge in [-0.25, -0.2) is 4.39 Å². The van der Waals surface area contributed by atoms with Crippen molar-refractivity contribution in [1.29, 1.82) is 0 Å². The molecule has 3 heterocycles. The first-order chi connectivity index (χ1) is 12.9. The van der Waals surface area contributed by atoms with Crippen LogP contribution < -0.4 is 0 Å². The van der Waals surface area contributed by atoms with Crippen LogP contribution in [0.5, 0.6) is 0 Å². The predicted octanol–water partition coefficient (Wildman–Crippen LogP) is 4.27. The summed E-state index contributed by atoms with van der Waals surface area (Å²) in [6, 6.07) is 8.41. The molecule has 8 heteroatoms. The van der Waals surface area contributed by atoms with Crippen molar-refractivity contribution in [2.45, 2.75) is 31.5 Å². The standard InChI is InChI=1S/C19H18F4N4/c20-16-9-13(8-15(10-16)19(21,22)23)11-26-6-3-4-14(12-26)18-25-24-17-5-1-2-7-27(17)18/h1-2,5,7-10,14H,3-4,6,11-12H2/t14-/m0/s1. The molecule has 4 nitrogen and oxygen atoms in total. The maximum absolute atomic E-state index is 13.6. The predicted molar refractivity (Wildman–Crippen MR) is 91.6 cm³/mol. The molecule has 0 radical (unpaired) electrons. The highest BCUT2D eigenvalue weighted by atomic mass is 19.4. The number of aromatic nitrogens is 3. The number of fused-ring (bicyclic) bond motifs is 1. The summed E-state index contributed by atoms with van der Waals surface area (Å²) in [7, 11) is 0. The van der Waals surface area contributed by atoms with Crippen molar-refractivity contribution in [2.24, 2.45) is 0 Å². The number of piperidine rings is 1. The van der Waals surface area contributed by atoms with Gasteiger partial charge in [-0.2, -0.15) is 13.2 Å². The van der Waals surface area contributed by atoms with Crippen molar-refractivity contribution in [3.05, 3.63) is 65.4 Å². The van der Waals surface area contributed by atoms with Gasteiger partial charge < -0.3 is 0 Å². The molecule has 0 spiro atoms. The first-order valence-corrected chi connectivity index (χ1v) is 8.79. The molecule has 2 aromatic heterocycles. The Morgan fingerprint density at radius 2 is 1.96 bits per heavy atom. The Balaban J connectivity index is 1.53.